The quantitative estimate of drug-likeness (QED) is 0.793. The van der Waals surface area contributed by atoms with Gasteiger partial charge in [0.05, 0.1) is 7.11 Å². The monoisotopic (exact) mass is 233 g/mol. The second-order valence-corrected chi connectivity index (χ2v) is 4.25. The van der Waals surface area contributed by atoms with Crippen LogP contribution in [0.5, 0.6) is 5.75 Å². The molecule has 0 saturated carbocycles. The van der Waals surface area contributed by atoms with Crippen LogP contribution >= 0.6 is 0 Å². The molecule has 1 amide bonds. The zero-order valence-corrected chi connectivity index (χ0v) is 10.6. The van der Waals surface area contributed by atoms with Crippen molar-refractivity contribution in [2.75, 3.05) is 13.7 Å². The van der Waals surface area contributed by atoms with Gasteiger partial charge < -0.3 is 10.1 Å². The summed E-state index contributed by atoms with van der Waals surface area (Å²) in [7, 11) is 1.63. The molecule has 0 bridgehead atoms. The van der Waals surface area contributed by atoms with Gasteiger partial charge in [0.1, 0.15) is 5.75 Å². The number of hydrogen-bond acceptors (Lipinski definition) is 2. The third-order valence-electron chi connectivity index (χ3n) is 2.23. The van der Waals surface area contributed by atoms with Crippen LogP contribution in [0.2, 0.25) is 0 Å². The van der Waals surface area contributed by atoms with Gasteiger partial charge in [0.2, 0.25) is 5.91 Å². The minimum absolute atomic E-state index is 0.0606. The Hall–Kier alpha value is -1.77. The van der Waals surface area contributed by atoms with Gasteiger partial charge in [-0.25, -0.2) is 0 Å². The molecule has 0 atom stereocenters. The summed E-state index contributed by atoms with van der Waals surface area (Å²) in [6.07, 6.45) is 3.33. The van der Waals surface area contributed by atoms with Gasteiger partial charge in [-0.05, 0) is 29.7 Å². The van der Waals surface area contributed by atoms with Crippen molar-refractivity contribution in [3.8, 4) is 5.75 Å². The highest BCUT2D eigenvalue weighted by Crippen LogP contribution is 2.12. The second-order valence-electron chi connectivity index (χ2n) is 4.25. The summed E-state index contributed by atoms with van der Waals surface area (Å²) < 4.78 is 5.06. The number of rotatable bonds is 5. The summed E-state index contributed by atoms with van der Waals surface area (Å²) in [4.78, 5) is 11.4. The second kappa shape index (κ2) is 6.74. The van der Waals surface area contributed by atoms with E-state index in [1.807, 2.05) is 24.3 Å². The lowest BCUT2D eigenvalue weighted by atomic mass is 10.2. The summed E-state index contributed by atoms with van der Waals surface area (Å²) in [5.74, 6) is 1.22. The molecule has 92 valence electrons. The molecule has 0 aliphatic rings. The fourth-order valence-electron chi connectivity index (χ4n) is 1.25. The molecule has 1 N–H and O–H groups in total. The Kier molecular flexibility index (Phi) is 5.27. The van der Waals surface area contributed by atoms with Gasteiger partial charge in [0.15, 0.2) is 0 Å². The van der Waals surface area contributed by atoms with Crippen LogP contribution in [0.3, 0.4) is 0 Å². The molecule has 0 fully saturated rings. The van der Waals surface area contributed by atoms with Gasteiger partial charge in [0, 0.05) is 12.6 Å². The first-order chi connectivity index (χ1) is 8.11. The first kappa shape index (κ1) is 13.3. The van der Waals surface area contributed by atoms with E-state index < -0.39 is 0 Å². The summed E-state index contributed by atoms with van der Waals surface area (Å²) in [6.45, 7) is 4.83. The van der Waals surface area contributed by atoms with E-state index >= 15 is 0 Å². The van der Waals surface area contributed by atoms with Crippen LogP contribution in [-0.2, 0) is 4.79 Å². The van der Waals surface area contributed by atoms with Crippen molar-refractivity contribution in [1.82, 2.24) is 5.32 Å². The van der Waals surface area contributed by atoms with Crippen molar-refractivity contribution in [3.63, 3.8) is 0 Å². The van der Waals surface area contributed by atoms with Crippen molar-refractivity contribution in [2.45, 2.75) is 13.8 Å². The predicted octanol–water partition coefficient (Wildman–Crippen LogP) is 2.48. The lowest BCUT2D eigenvalue weighted by molar-refractivity contribution is -0.116. The zero-order valence-electron chi connectivity index (χ0n) is 10.6. The van der Waals surface area contributed by atoms with Crippen LogP contribution in [-0.4, -0.2) is 19.6 Å². The van der Waals surface area contributed by atoms with E-state index in [2.05, 4.69) is 19.2 Å². The van der Waals surface area contributed by atoms with Gasteiger partial charge in [-0.3, -0.25) is 4.79 Å². The molecule has 0 unspecified atom stereocenters. The molecular weight excluding hydrogens is 214 g/mol. The molecule has 0 saturated heterocycles. The highest BCUT2D eigenvalue weighted by Gasteiger charge is 1.97. The van der Waals surface area contributed by atoms with Crippen LogP contribution < -0.4 is 10.1 Å². The number of hydrogen-bond donors (Lipinski definition) is 1. The standard InChI is InChI=1S/C14H19NO2/c1-11(2)10-15-14(16)9-6-12-4-7-13(17-3)8-5-12/h4-9,11H,10H2,1-3H3,(H,15,16)/b9-6+. The third kappa shape index (κ3) is 5.20. The maximum Gasteiger partial charge on any atom is 0.244 e. The van der Waals surface area contributed by atoms with E-state index in [-0.39, 0.29) is 5.91 Å². The van der Waals surface area contributed by atoms with E-state index in [9.17, 15) is 4.79 Å². The topological polar surface area (TPSA) is 38.3 Å². The van der Waals surface area contributed by atoms with E-state index in [0.717, 1.165) is 11.3 Å². The molecule has 1 rings (SSSR count). The van der Waals surface area contributed by atoms with Crippen molar-refractivity contribution < 1.29 is 9.53 Å². The number of amides is 1. The maximum absolute atomic E-state index is 11.4. The Labute approximate surface area is 102 Å². The highest BCUT2D eigenvalue weighted by atomic mass is 16.5. The van der Waals surface area contributed by atoms with Crippen molar-refractivity contribution in [3.05, 3.63) is 35.9 Å². The fourth-order valence-corrected chi connectivity index (χ4v) is 1.25. The molecule has 0 radical (unpaired) electrons. The Morgan fingerprint density at radius 2 is 2.00 bits per heavy atom. The van der Waals surface area contributed by atoms with Gasteiger partial charge in [-0.15, -0.1) is 0 Å². The largest absolute Gasteiger partial charge is 0.497 e. The van der Waals surface area contributed by atoms with E-state index in [4.69, 9.17) is 4.74 Å². The molecule has 1 aromatic rings. The van der Waals surface area contributed by atoms with Gasteiger partial charge in [-0.2, -0.15) is 0 Å². The lowest BCUT2D eigenvalue weighted by Crippen LogP contribution is -2.25. The van der Waals surface area contributed by atoms with Crippen LogP contribution in [0.15, 0.2) is 30.3 Å². The normalized spacial score (nSPS) is 10.8. The van der Waals surface area contributed by atoms with Gasteiger partial charge in [0.25, 0.3) is 0 Å². The Balaban J connectivity index is 2.49. The number of carbonyl (C=O) groups excluding carboxylic acids is 1. The number of ether oxygens (including phenoxy) is 1. The number of benzene rings is 1. The predicted molar refractivity (Wildman–Crippen MR) is 69.9 cm³/mol. The molecule has 17 heavy (non-hydrogen) atoms. The molecule has 3 nitrogen and oxygen atoms in total. The lowest BCUT2D eigenvalue weighted by Gasteiger charge is -2.04. The molecule has 1 aromatic carbocycles. The average Bonchev–Trinajstić information content (AvgIpc) is 2.34. The summed E-state index contributed by atoms with van der Waals surface area (Å²) >= 11 is 0. The number of carbonyl (C=O) groups is 1. The summed E-state index contributed by atoms with van der Waals surface area (Å²) in [6, 6.07) is 7.55. The number of methoxy groups -OCH3 is 1. The first-order valence-electron chi connectivity index (χ1n) is 5.72. The van der Waals surface area contributed by atoms with E-state index in [1.54, 1.807) is 19.3 Å². The van der Waals surface area contributed by atoms with E-state index in [1.165, 1.54) is 0 Å². The molecule has 0 spiro atoms. The summed E-state index contributed by atoms with van der Waals surface area (Å²) in [5, 5.41) is 2.82. The average molecular weight is 233 g/mol. The first-order valence-corrected chi connectivity index (χ1v) is 5.72. The summed E-state index contributed by atoms with van der Waals surface area (Å²) in [5.41, 5.74) is 0.977. The van der Waals surface area contributed by atoms with Crippen molar-refractivity contribution >= 4 is 12.0 Å². The smallest absolute Gasteiger partial charge is 0.244 e. The minimum Gasteiger partial charge on any atom is -0.497 e. The molecule has 0 aromatic heterocycles. The van der Waals surface area contributed by atoms with Gasteiger partial charge in [-0.1, -0.05) is 26.0 Å². The molecular formula is C14H19NO2. The Morgan fingerprint density at radius 1 is 1.35 bits per heavy atom. The fraction of sp³-hybridized carbons (Fsp3) is 0.357. The molecule has 0 heterocycles. The van der Waals surface area contributed by atoms with Crippen LogP contribution in [0, 0.1) is 5.92 Å². The Morgan fingerprint density at radius 3 is 2.53 bits per heavy atom. The highest BCUT2D eigenvalue weighted by molar-refractivity contribution is 5.91. The van der Waals surface area contributed by atoms with Gasteiger partial charge >= 0.3 is 0 Å². The molecule has 3 heteroatoms. The third-order valence-corrected chi connectivity index (χ3v) is 2.23. The molecule has 0 aliphatic carbocycles. The van der Waals surface area contributed by atoms with Crippen LogP contribution in [0.25, 0.3) is 6.08 Å². The minimum atomic E-state index is -0.0606. The number of nitrogens with one attached hydrogen (secondary N) is 1. The van der Waals surface area contributed by atoms with Crippen molar-refractivity contribution in [2.24, 2.45) is 5.92 Å². The Bertz CT molecular complexity index is 380. The van der Waals surface area contributed by atoms with Crippen molar-refractivity contribution in [1.29, 1.82) is 0 Å². The van der Waals surface area contributed by atoms with Crippen LogP contribution in [0.4, 0.5) is 0 Å². The van der Waals surface area contributed by atoms with E-state index in [0.29, 0.717) is 12.5 Å². The SMILES string of the molecule is COc1ccc(/C=C/C(=O)NCC(C)C)cc1. The zero-order chi connectivity index (χ0) is 12.7. The maximum atomic E-state index is 11.4. The van der Waals surface area contributed by atoms with Crippen LogP contribution in [0.1, 0.15) is 19.4 Å². The molecule has 0 aliphatic heterocycles.